The lowest BCUT2D eigenvalue weighted by Gasteiger charge is -2.06. The molecule has 1 atom stereocenters. The van der Waals surface area contributed by atoms with Crippen LogP contribution in [0.4, 0.5) is 5.69 Å². The van der Waals surface area contributed by atoms with E-state index in [4.69, 9.17) is 17.3 Å². The maximum atomic E-state index is 12.0. The van der Waals surface area contributed by atoms with Crippen LogP contribution in [0, 0.1) is 0 Å². The van der Waals surface area contributed by atoms with Gasteiger partial charge in [-0.3, -0.25) is 9.00 Å². The second-order valence-electron chi connectivity index (χ2n) is 4.39. The maximum absolute atomic E-state index is 12.0. The van der Waals surface area contributed by atoms with Crippen molar-refractivity contribution in [1.82, 2.24) is 0 Å². The lowest BCUT2D eigenvalue weighted by Crippen LogP contribution is -2.19. The number of nitrogens with two attached hydrogens (primary N) is 1. The number of carbonyl (C=O) groups is 1. The number of benzene rings is 2. The monoisotopic (exact) mass is 322 g/mol. The molecule has 4 nitrogen and oxygen atoms in total. The Labute approximate surface area is 130 Å². The normalized spacial score (nSPS) is 11.9. The van der Waals surface area contributed by atoms with E-state index in [0.717, 1.165) is 5.56 Å². The van der Waals surface area contributed by atoms with Crippen molar-refractivity contribution >= 4 is 34.0 Å². The molecule has 0 radical (unpaired) electrons. The zero-order chi connectivity index (χ0) is 15.2. The number of carbonyl (C=O) groups excluding carboxylic acids is 1. The molecule has 0 aliphatic rings. The summed E-state index contributed by atoms with van der Waals surface area (Å²) in [5.41, 5.74) is 7.15. The van der Waals surface area contributed by atoms with Crippen LogP contribution in [-0.2, 0) is 22.1 Å². The van der Waals surface area contributed by atoms with E-state index < -0.39 is 10.8 Å². The third kappa shape index (κ3) is 4.67. The summed E-state index contributed by atoms with van der Waals surface area (Å²) in [7, 11) is -1.39. The number of rotatable bonds is 5. The molecular weight excluding hydrogens is 308 g/mol. The minimum atomic E-state index is -1.39. The summed E-state index contributed by atoms with van der Waals surface area (Å²) in [6.07, 6.45) is 0. The summed E-state index contributed by atoms with van der Waals surface area (Å²) in [4.78, 5) is 12.4. The molecule has 110 valence electrons. The van der Waals surface area contributed by atoms with Crippen LogP contribution >= 0.6 is 11.6 Å². The number of halogens is 1. The Morgan fingerprint density at radius 3 is 2.29 bits per heavy atom. The third-order valence-electron chi connectivity index (χ3n) is 2.81. The van der Waals surface area contributed by atoms with Crippen LogP contribution in [0.2, 0.25) is 5.02 Å². The second-order valence-corrected chi connectivity index (χ2v) is 6.28. The molecule has 0 aliphatic carbocycles. The van der Waals surface area contributed by atoms with Crippen molar-refractivity contribution in [1.29, 1.82) is 0 Å². The Hall–Kier alpha value is -1.69. The number of nitrogens with one attached hydrogen (secondary N) is 1. The van der Waals surface area contributed by atoms with E-state index in [1.165, 1.54) is 0 Å². The molecule has 0 spiro atoms. The predicted octanol–water partition coefficient (Wildman–Crippen LogP) is 2.55. The Kier molecular flexibility index (Phi) is 5.50. The van der Waals surface area contributed by atoms with Gasteiger partial charge in [0.15, 0.2) is 0 Å². The van der Waals surface area contributed by atoms with Gasteiger partial charge >= 0.3 is 0 Å². The molecule has 0 heterocycles. The number of amides is 1. The van der Waals surface area contributed by atoms with Gasteiger partial charge in [-0.05, 0) is 42.0 Å². The van der Waals surface area contributed by atoms with E-state index in [-0.39, 0.29) is 11.7 Å². The Balaban J connectivity index is 1.94. The van der Waals surface area contributed by atoms with E-state index in [9.17, 15) is 9.00 Å². The first-order valence-electron chi connectivity index (χ1n) is 6.31. The minimum Gasteiger partial charge on any atom is -0.326 e. The minimum absolute atomic E-state index is 0.0970. The van der Waals surface area contributed by atoms with Gasteiger partial charge in [-0.25, -0.2) is 0 Å². The zero-order valence-electron chi connectivity index (χ0n) is 11.2. The number of anilines is 1. The Morgan fingerprint density at radius 2 is 1.71 bits per heavy atom. The fourth-order valence-corrected chi connectivity index (χ4v) is 2.75. The van der Waals surface area contributed by atoms with Gasteiger partial charge < -0.3 is 11.1 Å². The average molecular weight is 323 g/mol. The topological polar surface area (TPSA) is 72.2 Å². The molecule has 0 saturated carbocycles. The van der Waals surface area contributed by atoms with Crippen LogP contribution in [0.3, 0.4) is 0 Å². The van der Waals surface area contributed by atoms with Gasteiger partial charge in [0.2, 0.25) is 5.91 Å². The molecule has 2 aromatic rings. The number of hydrogen-bond acceptors (Lipinski definition) is 3. The highest BCUT2D eigenvalue weighted by Crippen LogP contribution is 2.14. The molecule has 2 rings (SSSR count). The SMILES string of the molecule is NCc1ccc(NC(=O)CS(=O)c2ccc(Cl)cc2)cc1. The summed E-state index contributed by atoms with van der Waals surface area (Å²) >= 11 is 5.77. The zero-order valence-corrected chi connectivity index (χ0v) is 12.8. The molecule has 3 N–H and O–H groups in total. The fraction of sp³-hybridized carbons (Fsp3) is 0.133. The highest BCUT2D eigenvalue weighted by molar-refractivity contribution is 7.85. The summed E-state index contributed by atoms with van der Waals surface area (Å²) in [5, 5.41) is 3.28. The van der Waals surface area contributed by atoms with Crippen LogP contribution < -0.4 is 11.1 Å². The van der Waals surface area contributed by atoms with Crippen molar-refractivity contribution in [3.63, 3.8) is 0 Å². The molecule has 0 fully saturated rings. The molecule has 2 aromatic carbocycles. The smallest absolute Gasteiger partial charge is 0.237 e. The van der Waals surface area contributed by atoms with Gasteiger partial charge in [0.1, 0.15) is 5.75 Å². The Morgan fingerprint density at radius 1 is 1.10 bits per heavy atom. The fourth-order valence-electron chi connectivity index (χ4n) is 1.71. The number of hydrogen-bond donors (Lipinski definition) is 2. The Bertz CT molecular complexity index is 642. The van der Waals surface area contributed by atoms with Crippen molar-refractivity contribution < 1.29 is 9.00 Å². The molecule has 0 aromatic heterocycles. The van der Waals surface area contributed by atoms with Gasteiger partial charge in [0, 0.05) is 22.2 Å². The molecule has 21 heavy (non-hydrogen) atoms. The quantitative estimate of drug-likeness (QED) is 0.888. The first-order valence-corrected chi connectivity index (χ1v) is 8.01. The summed E-state index contributed by atoms with van der Waals surface area (Å²) in [6, 6.07) is 13.8. The summed E-state index contributed by atoms with van der Waals surface area (Å²) < 4.78 is 12.0. The molecule has 0 aliphatic heterocycles. The van der Waals surface area contributed by atoms with Crippen LogP contribution in [0.15, 0.2) is 53.4 Å². The van der Waals surface area contributed by atoms with Crippen LogP contribution in [-0.4, -0.2) is 15.9 Å². The highest BCUT2D eigenvalue weighted by atomic mass is 35.5. The molecule has 1 unspecified atom stereocenters. The van der Waals surface area contributed by atoms with Crippen LogP contribution in [0.1, 0.15) is 5.56 Å². The maximum Gasteiger partial charge on any atom is 0.237 e. The standard InChI is InChI=1S/C15H15ClN2O2S/c16-12-3-7-14(8-4-12)21(20)10-15(19)18-13-5-1-11(9-17)2-6-13/h1-8H,9-10,17H2,(H,18,19). The van der Waals surface area contributed by atoms with Gasteiger partial charge in [-0.15, -0.1) is 0 Å². The van der Waals surface area contributed by atoms with Gasteiger partial charge in [0.05, 0.1) is 10.8 Å². The second kappa shape index (κ2) is 7.36. The van der Waals surface area contributed by atoms with E-state index in [1.807, 2.05) is 12.1 Å². The van der Waals surface area contributed by atoms with Crippen molar-refractivity contribution in [3.05, 3.63) is 59.1 Å². The molecule has 6 heteroatoms. The van der Waals surface area contributed by atoms with E-state index in [1.54, 1.807) is 36.4 Å². The highest BCUT2D eigenvalue weighted by Gasteiger charge is 2.10. The molecule has 0 bridgehead atoms. The summed E-state index contributed by atoms with van der Waals surface area (Å²) in [6.45, 7) is 0.453. The largest absolute Gasteiger partial charge is 0.326 e. The first kappa shape index (κ1) is 15.7. The van der Waals surface area contributed by atoms with Crippen molar-refractivity contribution in [2.75, 3.05) is 11.1 Å². The third-order valence-corrected chi connectivity index (χ3v) is 4.39. The van der Waals surface area contributed by atoms with Gasteiger partial charge in [0.25, 0.3) is 0 Å². The predicted molar refractivity (Wildman–Crippen MR) is 85.7 cm³/mol. The summed E-state index contributed by atoms with van der Waals surface area (Å²) in [5.74, 6) is -0.399. The van der Waals surface area contributed by atoms with Gasteiger partial charge in [-0.1, -0.05) is 23.7 Å². The molecular formula is C15H15ClN2O2S. The van der Waals surface area contributed by atoms with Crippen LogP contribution in [0.25, 0.3) is 0 Å². The van der Waals surface area contributed by atoms with Crippen LogP contribution in [0.5, 0.6) is 0 Å². The average Bonchev–Trinajstić information content (AvgIpc) is 2.48. The first-order chi connectivity index (χ1) is 10.1. The van der Waals surface area contributed by atoms with E-state index in [0.29, 0.717) is 22.2 Å². The molecule has 0 saturated heterocycles. The van der Waals surface area contributed by atoms with E-state index >= 15 is 0 Å². The lowest BCUT2D eigenvalue weighted by molar-refractivity contribution is -0.113. The van der Waals surface area contributed by atoms with E-state index in [2.05, 4.69) is 5.32 Å². The van der Waals surface area contributed by atoms with Crippen molar-refractivity contribution in [3.8, 4) is 0 Å². The van der Waals surface area contributed by atoms with Crippen molar-refractivity contribution in [2.24, 2.45) is 5.73 Å². The van der Waals surface area contributed by atoms with Gasteiger partial charge in [-0.2, -0.15) is 0 Å². The van der Waals surface area contributed by atoms with Crippen molar-refractivity contribution in [2.45, 2.75) is 11.4 Å². The molecule has 1 amide bonds. The lowest BCUT2D eigenvalue weighted by atomic mass is 10.2.